The second kappa shape index (κ2) is 11.5. The van der Waals surface area contributed by atoms with Crippen LogP contribution in [0.15, 0.2) is 9.05 Å². The molecule has 2 rings (SSSR count). The molecule has 0 fully saturated rings. The molecule has 0 bridgehead atoms. The minimum atomic E-state index is 0.617. The van der Waals surface area contributed by atoms with Gasteiger partial charge in [0.25, 0.3) is 11.8 Å². The van der Waals surface area contributed by atoms with Crippen molar-refractivity contribution in [2.75, 3.05) is 13.2 Å². The van der Waals surface area contributed by atoms with E-state index in [1.807, 2.05) is 13.8 Å². The monoisotopic (exact) mass is 466 g/mol. The molecule has 0 N–H and O–H groups in total. The molecule has 0 radical (unpaired) electrons. The molecule has 2 heterocycles. The van der Waals surface area contributed by atoms with E-state index >= 15 is 0 Å². The molecule has 0 saturated carbocycles. The van der Waals surface area contributed by atoms with Crippen LogP contribution in [0.5, 0.6) is 11.8 Å². The fourth-order valence-corrected chi connectivity index (χ4v) is 2.80. The summed E-state index contributed by atoms with van der Waals surface area (Å²) in [5.74, 6) is 2.89. The number of alkyl halides is 2. The fourth-order valence-electron chi connectivity index (χ4n) is 1.64. The Balaban J connectivity index is 0.000000240. The van der Waals surface area contributed by atoms with Crippen LogP contribution < -0.4 is 9.47 Å². The van der Waals surface area contributed by atoms with Crippen molar-refractivity contribution < 1.29 is 18.5 Å². The lowest BCUT2D eigenvalue weighted by molar-refractivity contribution is 0.276. The molecule has 24 heavy (non-hydrogen) atoms. The van der Waals surface area contributed by atoms with E-state index in [1.165, 1.54) is 0 Å². The van der Waals surface area contributed by atoms with E-state index in [0.717, 1.165) is 40.8 Å². The summed E-state index contributed by atoms with van der Waals surface area (Å²) >= 11 is 6.65. The second-order valence-corrected chi connectivity index (χ2v) is 6.14. The van der Waals surface area contributed by atoms with Gasteiger partial charge >= 0.3 is 0 Å². The quantitative estimate of drug-likeness (QED) is 0.488. The van der Waals surface area contributed by atoms with Crippen LogP contribution in [-0.4, -0.2) is 23.5 Å². The van der Waals surface area contributed by atoms with Crippen LogP contribution in [0, 0.1) is 13.8 Å². The molecule has 2 aromatic heterocycles. The summed E-state index contributed by atoms with van der Waals surface area (Å²) in [5, 5.41) is 9.00. The molecule has 0 unspecified atom stereocenters. The van der Waals surface area contributed by atoms with Crippen LogP contribution >= 0.6 is 31.9 Å². The van der Waals surface area contributed by atoms with Crippen LogP contribution in [0.3, 0.4) is 0 Å². The van der Waals surface area contributed by atoms with Gasteiger partial charge in [0.1, 0.15) is 5.76 Å². The summed E-state index contributed by atoms with van der Waals surface area (Å²) in [6.07, 6.45) is 1.96. The van der Waals surface area contributed by atoms with Gasteiger partial charge in [0, 0.05) is 5.33 Å². The standard InChI is InChI=1S/2C8H12BrNO2/c1-3-4-11-8-7(5-9)6(2)12-10-8;1-3-4-11-8-6(2)7(5-9)12-10-8/h2*3-5H2,1-2H3. The van der Waals surface area contributed by atoms with Crippen LogP contribution in [0.25, 0.3) is 0 Å². The number of hydrogen-bond acceptors (Lipinski definition) is 6. The van der Waals surface area contributed by atoms with Crippen molar-refractivity contribution in [1.29, 1.82) is 0 Å². The van der Waals surface area contributed by atoms with Crippen molar-refractivity contribution in [3.8, 4) is 11.8 Å². The van der Waals surface area contributed by atoms with Crippen molar-refractivity contribution in [2.24, 2.45) is 0 Å². The predicted octanol–water partition coefficient (Wildman–Crippen LogP) is 5.33. The summed E-state index contributed by atoms with van der Waals surface area (Å²) in [5.41, 5.74) is 1.99. The molecule has 8 heteroatoms. The second-order valence-electron chi connectivity index (χ2n) is 5.02. The molecule has 0 saturated heterocycles. The van der Waals surface area contributed by atoms with Crippen molar-refractivity contribution in [1.82, 2.24) is 10.3 Å². The highest BCUT2D eigenvalue weighted by molar-refractivity contribution is 9.08. The van der Waals surface area contributed by atoms with Gasteiger partial charge in [0.15, 0.2) is 5.76 Å². The first-order valence-corrected chi connectivity index (χ1v) is 10.1. The Morgan fingerprint density at radius 2 is 1.46 bits per heavy atom. The van der Waals surface area contributed by atoms with Crippen molar-refractivity contribution in [3.63, 3.8) is 0 Å². The number of aromatic nitrogens is 2. The first kappa shape index (κ1) is 21.0. The van der Waals surface area contributed by atoms with Gasteiger partial charge in [0.05, 0.1) is 29.7 Å². The summed E-state index contributed by atoms with van der Waals surface area (Å²) in [6, 6.07) is 0. The first-order valence-electron chi connectivity index (χ1n) is 7.86. The average Bonchev–Trinajstić information content (AvgIpc) is 3.13. The van der Waals surface area contributed by atoms with E-state index < -0.39 is 0 Å². The third-order valence-corrected chi connectivity index (χ3v) is 4.14. The fraction of sp³-hybridized carbons (Fsp3) is 0.625. The third kappa shape index (κ3) is 6.12. The number of aryl methyl sites for hydroxylation is 1. The Bertz CT molecular complexity index is 599. The first-order chi connectivity index (χ1) is 11.6. The molecule has 0 aliphatic heterocycles. The summed E-state index contributed by atoms with van der Waals surface area (Å²) < 4.78 is 20.7. The highest BCUT2D eigenvalue weighted by atomic mass is 79.9. The molecular weight excluding hydrogens is 444 g/mol. The van der Waals surface area contributed by atoms with Gasteiger partial charge in [0.2, 0.25) is 0 Å². The zero-order chi connectivity index (χ0) is 17.9. The summed E-state index contributed by atoms with van der Waals surface area (Å²) in [6.45, 7) is 9.31. The van der Waals surface area contributed by atoms with E-state index in [-0.39, 0.29) is 0 Å². The molecule has 0 amide bonds. The van der Waals surface area contributed by atoms with Crippen molar-refractivity contribution >= 4 is 31.9 Å². The number of nitrogens with zero attached hydrogens (tertiary/aromatic N) is 2. The lowest BCUT2D eigenvalue weighted by atomic mass is 10.3. The number of ether oxygens (including phenoxy) is 2. The molecule has 6 nitrogen and oxygen atoms in total. The average molecular weight is 468 g/mol. The largest absolute Gasteiger partial charge is 0.475 e. The van der Waals surface area contributed by atoms with Gasteiger partial charge < -0.3 is 18.5 Å². The SMILES string of the molecule is CCCOc1noc(C)c1CBr.CCCOc1noc(CBr)c1C. The topological polar surface area (TPSA) is 70.5 Å². The molecule has 0 atom stereocenters. The molecule has 0 aliphatic rings. The normalized spacial score (nSPS) is 10.2. The molecule has 0 aliphatic carbocycles. The molecule has 2 aromatic rings. The van der Waals surface area contributed by atoms with Crippen LogP contribution in [0.1, 0.15) is 49.3 Å². The smallest absolute Gasteiger partial charge is 0.258 e. The lowest BCUT2D eigenvalue weighted by Gasteiger charge is -1.99. The number of hydrogen-bond donors (Lipinski definition) is 0. The maximum atomic E-state index is 5.36. The van der Waals surface area contributed by atoms with E-state index in [1.54, 1.807) is 0 Å². The Labute approximate surface area is 159 Å². The Morgan fingerprint density at radius 3 is 1.96 bits per heavy atom. The van der Waals surface area contributed by atoms with E-state index in [9.17, 15) is 0 Å². The number of rotatable bonds is 8. The maximum Gasteiger partial charge on any atom is 0.258 e. The van der Waals surface area contributed by atoms with Crippen LogP contribution in [-0.2, 0) is 10.7 Å². The zero-order valence-corrected chi connectivity index (χ0v) is 17.7. The molecule has 0 spiro atoms. The van der Waals surface area contributed by atoms with E-state index in [2.05, 4.69) is 56.0 Å². The van der Waals surface area contributed by atoms with Gasteiger partial charge in [-0.05, 0) is 37.0 Å². The van der Waals surface area contributed by atoms with Crippen molar-refractivity contribution in [3.05, 3.63) is 22.6 Å². The van der Waals surface area contributed by atoms with E-state index in [0.29, 0.717) is 30.3 Å². The van der Waals surface area contributed by atoms with E-state index in [4.69, 9.17) is 18.5 Å². The van der Waals surface area contributed by atoms with Crippen molar-refractivity contribution in [2.45, 2.75) is 51.2 Å². The molecule has 0 aromatic carbocycles. The Kier molecular flexibility index (Phi) is 10.1. The van der Waals surface area contributed by atoms with Gasteiger partial charge in [-0.25, -0.2) is 0 Å². The van der Waals surface area contributed by atoms with Crippen LogP contribution in [0.4, 0.5) is 0 Å². The Morgan fingerprint density at radius 1 is 0.875 bits per heavy atom. The maximum absolute atomic E-state index is 5.36. The lowest BCUT2D eigenvalue weighted by Crippen LogP contribution is -1.97. The zero-order valence-electron chi connectivity index (χ0n) is 14.5. The van der Waals surface area contributed by atoms with Gasteiger partial charge in [-0.3, -0.25) is 0 Å². The van der Waals surface area contributed by atoms with Gasteiger partial charge in [-0.1, -0.05) is 45.7 Å². The Hall–Kier alpha value is -1.02. The number of halogens is 2. The summed E-state index contributed by atoms with van der Waals surface area (Å²) in [7, 11) is 0. The minimum absolute atomic E-state index is 0.617. The minimum Gasteiger partial charge on any atom is -0.475 e. The highest BCUT2D eigenvalue weighted by Crippen LogP contribution is 2.23. The van der Waals surface area contributed by atoms with Crippen LogP contribution in [0.2, 0.25) is 0 Å². The highest BCUT2D eigenvalue weighted by Gasteiger charge is 2.12. The van der Waals surface area contributed by atoms with Gasteiger partial charge in [-0.2, -0.15) is 0 Å². The molecule has 136 valence electrons. The molecular formula is C16H24Br2N2O4. The summed E-state index contributed by atoms with van der Waals surface area (Å²) in [4.78, 5) is 0. The third-order valence-electron chi connectivity index (χ3n) is 3.07. The van der Waals surface area contributed by atoms with Gasteiger partial charge in [-0.15, -0.1) is 0 Å². The predicted molar refractivity (Wildman–Crippen MR) is 99.3 cm³/mol.